The molecule has 0 atom stereocenters. The van der Waals surface area contributed by atoms with Gasteiger partial charge in [-0.3, -0.25) is 4.79 Å². The number of thiophene rings is 1. The first-order valence-electron chi connectivity index (χ1n) is 4.91. The van der Waals surface area contributed by atoms with Crippen LogP contribution < -0.4 is 5.43 Å². The summed E-state index contributed by atoms with van der Waals surface area (Å²) in [5.41, 5.74) is 0.109. The molecule has 3 rings (SSSR count). The van der Waals surface area contributed by atoms with Gasteiger partial charge in [-0.2, -0.15) is 0 Å². The molecule has 0 amide bonds. The number of benzene rings is 1. The zero-order valence-electron chi connectivity index (χ0n) is 8.34. The van der Waals surface area contributed by atoms with E-state index in [2.05, 4.69) is 0 Å². The number of fused-ring (bicyclic) bond motifs is 1. The van der Waals surface area contributed by atoms with E-state index in [1.165, 1.54) is 0 Å². The molecule has 0 aliphatic rings. The first kappa shape index (κ1) is 9.75. The lowest BCUT2D eigenvalue weighted by molar-refractivity contribution is 1.72. The zero-order chi connectivity index (χ0) is 11.0. The summed E-state index contributed by atoms with van der Waals surface area (Å²) in [4.78, 5) is 14.1. The second-order valence-electron chi connectivity index (χ2n) is 3.45. The van der Waals surface area contributed by atoms with E-state index >= 15 is 0 Å². The van der Waals surface area contributed by atoms with Gasteiger partial charge < -0.3 is 0 Å². The van der Waals surface area contributed by atoms with Crippen LogP contribution in [0.4, 0.5) is 0 Å². The van der Waals surface area contributed by atoms with E-state index in [1.54, 1.807) is 28.7 Å². The molecule has 0 unspecified atom stereocenters. The van der Waals surface area contributed by atoms with Crippen molar-refractivity contribution in [2.45, 2.75) is 0 Å². The summed E-state index contributed by atoms with van der Waals surface area (Å²) in [6.07, 6.45) is 0. The molecule has 78 valence electrons. The van der Waals surface area contributed by atoms with Gasteiger partial charge >= 0.3 is 0 Å². The summed E-state index contributed by atoms with van der Waals surface area (Å²) in [5, 5.41) is 2.84. The summed E-state index contributed by atoms with van der Waals surface area (Å²) in [6, 6.07) is 13.5. The van der Waals surface area contributed by atoms with Crippen LogP contribution in [0.3, 0.4) is 0 Å². The van der Waals surface area contributed by atoms with Crippen LogP contribution in [0.5, 0.6) is 0 Å². The van der Waals surface area contributed by atoms with Gasteiger partial charge in [0.25, 0.3) is 0 Å². The van der Waals surface area contributed by atoms with Crippen molar-refractivity contribution < 1.29 is 0 Å². The molecule has 1 nitrogen and oxygen atoms in total. The van der Waals surface area contributed by atoms with Crippen molar-refractivity contribution in [2.24, 2.45) is 0 Å². The highest BCUT2D eigenvalue weighted by Crippen LogP contribution is 2.30. The van der Waals surface area contributed by atoms with Gasteiger partial charge in [0, 0.05) is 25.9 Å². The molecule has 3 heteroatoms. The summed E-state index contributed by atoms with van der Waals surface area (Å²) in [7, 11) is 0. The van der Waals surface area contributed by atoms with E-state index in [0.29, 0.717) is 0 Å². The predicted octanol–water partition coefficient (Wildman–Crippen LogP) is 3.99. The second-order valence-corrected chi connectivity index (χ2v) is 5.48. The van der Waals surface area contributed by atoms with Gasteiger partial charge in [-0.1, -0.05) is 18.2 Å². The number of rotatable bonds is 1. The van der Waals surface area contributed by atoms with Crippen molar-refractivity contribution in [1.29, 1.82) is 0 Å². The minimum Gasteiger partial charge on any atom is -0.289 e. The van der Waals surface area contributed by atoms with Gasteiger partial charge in [0.2, 0.25) is 0 Å². The molecule has 0 bridgehead atoms. The van der Waals surface area contributed by atoms with Crippen LogP contribution in [0.25, 0.3) is 19.8 Å². The van der Waals surface area contributed by atoms with Crippen LogP contribution in [0.1, 0.15) is 0 Å². The monoisotopic (exact) mass is 244 g/mol. The van der Waals surface area contributed by atoms with Gasteiger partial charge in [0.15, 0.2) is 5.43 Å². The van der Waals surface area contributed by atoms with Crippen molar-refractivity contribution in [3.63, 3.8) is 0 Å². The molecule has 0 radical (unpaired) electrons. The van der Waals surface area contributed by atoms with Crippen LogP contribution in [0.2, 0.25) is 0 Å². The lowest BCUT2D eigenvalue weighted by Gasteiger charge is -1.99. The average molecular weight is 244 g/mol. The fourth-order valence-electron chi connectivity index (χ4n) is 1.64. The Bertz CT molecular complexity index is 680. The van der Waals surface area contributed by atoms with E-state index in [-0.39, 0.29) is 5.43 Å². The molecule has 2 aromatic heterocycles. The summed E-state index contributed by atoms with van der Waals surface area (Å²) >= 11 is 3.33. The molecular weight excluding hydrogens is 236 g/mol. The highest BCUT2D eigenvalue weighted by molar-refractivity contribution is 7.25. The largest absolute Gasteiger partial charge is 0.289 e. The van der Waals surface area contributed by atoms with Crippen molar-refractivity contribution in [3.05, 3.63) is 58.1 Å². The Balaban J connectivity index is 2.34. The minimum atomic E-state index is 0.109. The van der Waals surface area contributed by atoms with E-state index in [4.69, 9.17) is 0 Å². The van der Waals surface area contributed by atoms with Crippen molar-refractivity contribution in [1.82, 2.24) is 0 Å². The SMILES string of the molecule is O=c1cc(-c2cccs2)sc2ccccc12. The molecule has 2 heterocycles. The molecule has 0 N–H and O–H groups in total. The standard InChI is InChI=1S/C13H8OS2/c14-10-8-13(12-6-3-7-15-12)16-11-5-2-1-4-9(10)11/h1-8H. The number of hydrogen-bond donors (Lipinski definition) is 0. The van der Waals surface area contributed by atoms with E-state index in [9.17, 15) is 4.79 Å². The Morgan fingerprint density at radius 1 is 0.938 bits per heavy atom. The minimum absolute atomic E-state index is 0.109. The third kappa shape index (κ3) is 1.58. The van der Waals surface area contributed by atoms with E-state index in [1.807, 2.05) is 41.8 Å². The molecule has 1 aromatic carbocycles. The maximum atomic E-state index is 11.9. The molecule has 0 fully saturated rings. The van der Waals surface area contributed by atoms with Crippen LogP contribution in [-0.4, -0.2) is 0 Å². The third-order valence-electron chi connectivity index (χ3n) is 2.40. The third-order valence-corrected chi connectivity index (χ3v) is 4.56. The predicted molar refractivity (Wildman–Crippen MR) is 71.4 cm³/mol. The molecule has 0 saturated carbocycles. The molecule has 0 aliphatic heterocycles. The van der Waals surface area contributed by atoms with Gasteiger partial charge in [0.1, 0.15) is 0 Å². The Morgan fingerprint density at radius 2 is 1.81 bits per heavy atom. The quantitative estimate of drug-likeness (QED) is 0.632. The van der Waals surface area contributed by atoms with Crippen LogP contribution >= 0.6 is 22.7 Å². The molecule has 16 heavy (non-hydrogen) atoms. The zero-order valence-corrected chi connectivity index (χ0v) is 9.98. The molecule has 0 saturated heterocycles. The highest BCUT2D eigenvalue weighted by atomic mass is 32.1. The van der Waals surface area contributed by atoms with Crippen molar-refractivity contribution in [3.8, 4) is 9.75 Å². The number of hydrogen-bond acceptors (Lipinski definition) is 3. The summed E-state index contributed by atoms with van der Waals surface area (Å²) in [6.45, 7) is 0. The summed E-state index contributed by atoms with van der Waals surface area (Å²) in [5.74, 6) is 0. The lowest BCUT2D eigenvalue weighted by atomic mass is 10.2. The maximum Gasteiger partial charge on any atom is 0.188 e. The summed E-state index contributed by atoms with van der Waals surface area (Å²) < 4.78 is 1.05. The van der Waals surface area contributed by atoms with Gasteiger partial charge in [-0.15, -0.1) is 22.7 Å². The fourth-order valence-corrected chi connectivity index (χ4v) is 3.55. The molecular formula is C13H8OS2. The first-order chi connectivity index (χ1) is 7.84. The first-order valence-corrected chi connectivity index (χ1v) is 6.61. The fraction of sp³-hybridized carbons (Fsp3) is 0. The molecule has 3 aromatic rings. The average Bonchev–Trinajstić information content (AvgIpc) is 2.82. The van der Waals surface area contributed by atoms with Gasteiger partial charge in [0.05, 0.1) is 0 Å². The molecule has 0 aliphatic carbocycles. The van der Waals surface area contributed by atoms with Gasteiger partial charge in [-0.05, 0) is 23.6 Å². The normalized spacial score (nSPS) is 10.8. The Kier molecular flexibility index (Phi) is 2.35. The maximum absolute atomic E-state index is 11.9. The topological polar surface area (TPSA) is 17.1 Å². The van der Waals surface area contributed by atoms with Crippen molar-refractivity contribution >= 4 is 32.8 Å². The smallest absolute Gasteiger partial charge is 0.188 e. The van der Waals surface area contributed by atoms with Crippen molar-refractivity contribution in [2.75, 3.05) is 0 Å². The van der Waals surface area contributed by atoms with Crippen LogP contribution in [0, 0.1) is 0 Å². The highest BCUT2D eigenvalue weighted by Gasteiger charge is 2.04. The van der Waals surface area contributed by atoms with Crippen LogP contribution in [0.15, 0.2) is 52.6 Å². The van der Waals surface area contributed by atoms with Crippen LogP contribution in [-0.2, 0) is 0 Å². The van der Waals surface area contributed by atoms with Gasteiger partial charge in [-0.25, -0.2) is 0 Å². The Morgan fingerprint density at radius 3 is 2.62 bits per heavy atom. The van der Waals surface area contributed by atoms with E-state index in [0.717, 1.165) is 19.8 Å². The Labute approximate surface area is 101 Å². The lowest BCUT2D eigenvalue weighted by Crippen LogP contribution is -1.97. The van der Waals surface area contributed by atoms with E-state index < -0.39 is 0 Å². The Hall–Kier alpha value is -1.45. The molecule has 0 spiro atoms. The second kappa shape index (κ2) is 3.85.